The van der Waals surface area contributed by atoms with Crippen molar-refractivity contribution < 1.29 is 9.53 Å². The summed E-state index contributed by atoms with van der Waals surface area (Å²) in [4.78, 5) is 20.7. The van der Waals surface area contributed by atoms with Gasteiger partial charge in [0.1, 0.15) is 22.2 Å². The van der Waals surface area contributed by atoms with Crippen molar-refractivity contribution in [3.63, 3.8) is 0 Å². The Hall–Kier alpha value is -3.44. The number of hydrogen-bond donors (Lipinski definition) is 0. The average molecular weight is 443 g/mol. The number of carbonyl (C=O) groups is 1. The number of nitrogens with zero attached hydrogens (tertiary/aromatic N) is 2. The molecule has 0 fully saturated rings. The zero-order valence-corrected chi connectivity index (χ0v) is 19.1. The summed E-state index contributed by atoms with van der Waals surface area (Å²) in [5.41, 5.74) is 4.13. The van der Waals surface area contributed by atoms with E-state index in [1.54, 1.807) is 0 Å². The van der Waals surface area contributed by atoms with Crippen molar-refractivity contribution in [2.75, 3.05) is 0 Å². The predicted molar refractivity (Wildman–Crippen MR) is 129 cm³/mol. The lowest BCUT2D eigenvalue weighted by atomic mass is 10.1. The van der Waals surface area contributed by atoms with E-state index in [1.807, 2.05) is 104 Å². The third-order valence-electron chi connectivity index (χ3n) is 5.14. The summed E-state index contributed by atoms with van der Waals surface area (Å²) in [5.74, 6) is 0.792. The number of thiazole rings is 1. The molecular weight excluding hydrogens is 416 g/mol. The molecule has 0 spiro atoms. The average Bonchev–Trinajstić information content (AvgIpc) is 3.19. The van der Waals surface area contributed by atoms with Gasteiger partial charge in [0.25, 0.3) is 5.91 Å². The second-order valence-electron chi connectivity index (χ2n) is 7.76. The summed E-state index contributed by atoms with van der Waals surface area (Å²) in [5, 5.41) is 0.797. The molecule has 4 nitrogen and oxygen atoms in total. The zero-order valence-electron chi connectivity index (χ0n) is 18.3. The zero-order chi connectivity index (χ0) is 22.3. The number of aromatic nitrogens is 1. The summed E-state index contributed by atoms with van der Waals surface area (Å²) >= 11 is 1.41. The Kier molecular flexibility index (Phi) is 6.97. The molecule has 1 amide bonds. The first-order valence-electron chi connectivity index (χ1n) is 10.6. The highest BCUT2D eigenvalue weighted by Crippen LogP contribution is 2.24. The van der Waals surface area contributed by atoms with Crippen molar-refractivity contribution >= 4 is 17.2 Å². The standard InChI is InChI=1S/C27H26N2O2S/c1-20-13-15-24(16-14-20)31-19-25-28-21(2)26(32-25)27(30)29(17-22-9-5-3-6-10-22)18-23-11-7-4-8-12-23/h3-16H,17-19H2,1-2H3. The van der Waals surface area contributed by atoms with Crippen LogP contribution in [0.5, 0.6) is 5.75 Å². The first-order chi connectivity index (χ1) is 15.6. The highest BCUT2D eigenvalue weighted by molar-refractivity contribution is 7.13. The third-order valence-corrected chi connectivity index (χ3v) is 6.26. The Balaban J connectivity index is 1.52. The van der Waals surface area contributed by atoms with E-state index in [1.165, 1.54) is 16.9 Å². The minimum absolute atomic E-state index is 0.00529. The maximum Gasteiger partial charge on any atom is 0.266 e. The van der Waals surface area contributed by atoms with Crippen molar-refractivity contribution in [3.05, 3.63) is 117 Å². The normalized spacial score (nSPS) is 10.7. The lowest BCUT2D eigenvalue weighted by molar-refractivity contribution is 0.0734. The van der Waals surface area contributed by atoms with E-state index < -0.39 is 0 Å². The molecule has 0 saturated carbocycles. The van der Waals surface area contributed by atoms with E-state index in [4.69, 9.17) is 4.74 Å². The van der Waals surface area contributed by atoms with Crippen molar-refractivity contribution in [3.8, 4) is 5.75 Å². The maximum absolute atomic E-state index is 13.6. The fourth-order valence-electron chi connectivity index (χ4n) is 3.44. The van der Waals surface area contributed by atoms with Crippen LogP contribution >= 0.6 is 11.3 Å². The van der Waals surface area contributed by atoms with Gasteiger partial charge in [-0.05, 0) is 37.1 Å². The van der Waals surface area contributed by atoms with Gasteiger partial charge in [0, 0.05) is 13.1 Å². The minimum atomic E-state index is -0.00529. The largest absolute Gasteiger partial charge is 0.486 e. The molecule has 0 bridgehead atoms. The van der Waals surface area contributed by atoms with Gasteiger partial charge in [0.05, 0.1) is 5.69 Å². The van der Waals surface area contributed by atoms with E-state index in [-0.39, 0.29) is 5.91 Å². The van der Waals surface area contributed by atoms with Crippen molar-refractivity contribution in [2.45, 2.75) is 33.5 Å². The summed E-state index contributed by atoms with van der Waals surface area (Å²) in [6.07, 6.45) is 0. The molecule has 1 aromatic heterocycles. The quantitative estimate of drug-likeness (QED) is 0.327. The van der Waals surface area contributed by atoms with E-state index in [2.05, 4.69) is 4.98 Å². The molecule has 5 heteroatoms. The van der Waals surface area contributed by atoms with Gasteiger partial charge in [0.15, 0.2) is 0 Å². The van der Waals surface area contributed by atoms with Gasteiger partial charge in [-0.25, -0.2) is 4.98 Å². The third kappa shape index (κ3) is 5.62. The maximum atomic E-state index is 13.6. The topological polar surface area (TPSA) is 42.4 Å². The Bertz CT molecular complexity index is 1110. The first kappa shape index (κ1) is 21.8. The number of carbonyl (C=O) groups excluding carboxylic acids is 1. The molecular formula is C27H26N2O2S. The van der Waals surface area contributed by atoms with Crippen LogP contribution in [0, 0.1) is 13.8 Å². The van der Waals surface area contributed by atoms with Gasteiger partial charge < -0.3 is 9.64 Å². The second-order valence-corrected chi connectivity index (χ2v) is 8.84. The van der Waals surface area contributed by atoms with E-state index in [0.29, 0.717) is 24.6 Å². The van der Waals surface area contributed by atoms with Crippen LogP contribution in [0.4, 0.5) is 0 Å². The second kappa shape index (κ2) is 10.2. The first-order valence-corrected chi connectivity index (χ1v) is 11.4. The summed E-state index contributed by atoms with van der Waals surface area (Å²) < 4.78 is 5.87. The number of benzene rings is 3. The monoisotopic (exact) mass is 442 g/mol. The highest BCUT2D eigenvalue weighted by Gasteiger charge is 2.22. The van der Waals surface area contributed by atoms with Crippen LogP contribution in [0.1, 0.15) is 37.1 Å². The summed E-state index contributed by atoms with van der Waals surface area (Å²) in [6, 6.07) is 28.1. The van der Waals surface area contributed by atoms with Gasteiger partial charge >= 0.3 is 0 Å². The van der Waals surface area contributed by atoms with Gasteiger partial charge in [-0.3, -0.25) is 4.79 Å². The fraction of sp³-hybridized carbons (Fsp3) is 0.185. The van der Waals surface area contributed by atoms with E-state index in [0.717, 1.165) is 27.6 Å². The molecule has 0 N–H and O–H groups in total. The lowest BCUT2D eigenvalue weighted by Gasteiger charge is -2.22. The SMILES string of the molecule is Cc1ccc(OCc2nc(C)c(C(=O)N(Cc3ccccc3)Cc3ccccc3)s2)cc1. The van der Waals surface area contributed by atoms with Crippen molar-refractivity contribution in [1.82, 2.24) is 9.88 Å². The predicted octanol–water partition coefficient (Wildman–Crippen LogP) is 6.18. The highest BCUT2D eigenvalue weighted by atomic mass is 32.1. The number of hydrogen-bond acceptors (Lipinski definition) is 4. The smallest absolute Gasteiger partial charge is 0.266 e. The van der Waals surface area contributed by atoms with Crippen molar-refractivity contribution in [1.29, 1.82) is 0 Å². The number of ether oxygens (including phenoxy) is 1. The van der Waals surface area contributed by atoms with Crippen LogP contribution in [0.3, 0.4) is 0 Å². The summed E-state index contributed by atoms with van der Waals surface area (Å²) in [6.45, 7) is 5.37. The molecule has 4 rings (SSSR count). The Morgan fingerprint density at radius 3 is 1.97 bits per heavy atom. The van der Waals surface area contributed by atoms with Crippen molar-refractivity contribution in [2.24, 2.45) is 0 Å². The van der Waals surface area contributed by atoms with Crippen LogP contribution in [-0.2, 0) is 19.7 Å². The lowest BCUT2D eigenvalue weighted by Crippen LogP contribution is -2.30. The molecule has 0 atom stereocenters. The molecule has 0 radical (unpaired) electrons. The van der Waals surface area contributed by atoms with Gasteiger partial charge in [-0.15, -0.1) is 11.3 Å². The van der Waals surface area contributed by atoms with Gasteiger partial charge in [-0.2, -0.15) is 0 Å². The molecule has 4 aromatic rings. The Labute approximate surface area is 193 Å². The number of amides is 1. The molecule has 0 saturated heterocycles. The van der Waals surface area contributed by atoms with Crippen LogP contribution < -0.4 is 4.74 Å². The van der Waals surface area contributed by atoms with Crippen LogP contribution in [0.2, 0.25) is 0 Å². The molecule has 1 heterocycles. The molecule has 162 valence electrons. The summed E-state index contributed by atoms with van der Waals surface area (Å²) in [7, 11) is 0. The minimum Gasteiger partial charge on any atom is -0.486 e. The molecule has 0 unspecified atom stereocenters. The van der Waals surface area contributed by atoms with Crippen LogP contribution in [0.15, 0.2) is 84.9 Å². The van der Waals surface area contributed by atoms with Gasteiger partial charge in [0.2, 0.25) is 0 Å². The molecule has 0 aliphatic rings. The fourth-order valence-corrected chi connectivity index (χ4v) is 4.39. The van der Waals surface area contributed by atoms with Gasteiger partial charge in [-0.1, -0.05) is 78.4 Å². The Morgan fingerprint density at radius 2 is 1.41 bits per heavy atom. The molecule has 0 aliphatic carbocycles. The van der Waals surface area contributed by atoms with Crippen LogP contribution in [0.25, 0.3) is 0 Å². The van der Waals surface area contributed by atoms with E-state index >= 15 is 0 Å². The number of rotatable bonds is 8. The molecule has 0 aliphatic heterocycles. The van der Waals surface area contributed by atoms with Crippen LogP contribution in [-0.4, -0.2) is 15.8 Å². The number of aryl methyl sites for hydroxylation is 2. The van der Waals surface area contributed by atoms with E-state index in [9.17, 15) is 4.79 Å². The molecule has 3 aromatic carbocycles. The Morgan fingerprint density at radius 1 is 0.844 bits per heavy atom. The molecule has 32 heavy (non-hydrogen) atoms.